The maximum absolute atomic E-state index is 13.1. The van der Waals surface area contributed by atoms with Gasteiger partial charge in [0.2, 0.25) is 5.89 Å². The number of rotatable bonds is 5. The summed E-state index contributed by atoms with van der Waals surface area (Å²) >= 11 is 1.51. The molecule has 0 saturated carbocycles. The second-order valence-electron chi connectivity index (χ2n) is 5.25. The van der Waals surface area contributed by atoms with Crippen LogP contribution in [0, 0.1) is 11.7 Å². The normalized spacial score (nSPS) is 16.2. The van der Waals surface area contributed by atoms with Gasteiger partial charge < -0.3 is 9.84 Å². The summed E-state index contributed by atoms with van der Waals surface area (Å²) in [6, 6.07) is 6.54. The first-order valence-corrected chi connectivity index (χ1v) is 8.19. The number of halogens is 1. The minimum Gasteiger partial charge on any atom is -0.339 e. The molecule has 6 heteroatoms. The highest BCUT2D eigenvalue weighted by Crippen LogP contribution is 2.23. The van der Waals surface area contributed by atoms with Crippen molar-refractivity contribution in [3.05, 3.63) is 41.8 Å². The Morgan fingerprint density at radius 3 is 3.00 bits per heavy atom. The first kappa shape index (κ1) is 14.5. The predicted molar refractivity (Wildman–Crippen MR) is 79.6 cm³/mol. The minimum atomic E-state index is -0.222. The van der Waals surface area contributed by atoms with Gasteiger partial charge in [-0.05, 0) is 50.0 Å². The van der Waals surface area contributed by atoms with Gasteiger partial charge in [-0.25, -0.2) is 4.39 Å². The van der Waals surface area contributed by atoms with Gasteiger partial charge in [0.05, 0.1) is 5.75 Å². The number of thioether (sulfide) groups is 1. The largest absolute Gasteiger partial charge is 0.339 e. The number of piperidine rings is 1. The van der Waals surface area contributed by atoms with Gasteiger partial charge in [-0.2, -0.15) is 4.98 Å². The Morgan fingerprint density at radius 2 is 2.19 bits per heavy atom. The Morgan fingerprint density at radius 1 is 1.33 bits per heavy atom. The fourth-order valence-electron chi connectivity index (χ4n) is 2.47. The van der Waals surface area contributed by atoms with E-state index >= 15 is 0 Å². The maximum atomic E-state index is 13.1. The Bertz CT molecular complexity index is 584. The van der Waals surface area contributed by atoms with E-state index in [1.165, 1.54) is 23.9 Å². The summed E-state index contributed by atoms with van der Waals surface area (Å²) < 4.78 is 18.4. The summed E-state index contributed by atoms with van der Waals surface area (Å²) in [6.07, 6.45) is 3.19. The van der Waals surface area contributed by atoms with Gasteiger partial charge in [-0.1, -0.05) is 11.2 Å². The van der Waals surface area contributed by atoms with Crippen molar-refractivity contribution in [3.8, 4) is 0 Å². The van der Waals surface area contributed by atoms with E-state index in [0.29, 0.717) is 17.5 Å². The molecule has 1 fully saturated rings. The smallest absolute Gasteiger partial charge is 0.226 e. The molecule has 1 saturated heterocycles. The molecule has 0 atom stereocenters. The molecule has 0 amide bonds. The van der Waals surface area contributed by atoms with Crippen LogP contribution >= 0.6 is 11.8 Å². The zero-order valence-corrected chi connectivity index (χ0v) is 12.5. The van der Waals surface area contributed by atoms with Crippen molar-refractivity contribution >= 4 is 11.8 Å². The highest BCUT2D eigenvalue weighted by atomic mass is 32.2. The van der Waals surface area contributed by atoms with Gasteiger partial charge in [-0.3, -0.25) is 0 Å². The number of nitrogens with one attached hydrogen (secondary N) is 1. The first-order valence-electron chi connectivity index (χ1n) is 7.20. The third-order valence-corrected chi connectivity index (χ3v) is 4.59. The molecule has 21 heavy (non-hydrogen) atoms. The molecule has 1 aromatic carbocycles. The fraction of sp³-hybridized carbons (Fsp3) is 0.467. The lowest BCUT2D eigenvalue weighted by Gasteiger charge is -2.20. The van der Waals surface area contributed by atoms with E-state index in [0.717, 1.165) is 43.1 Å². The van der Waals surface area contributed by atoms with Gasteiger partial charge in [0.25, 0.3) is 0 Å². The van der Waals surface area contributed by atoms with Crippen LogP contribution < -0.4 is 5.32 Å². The maximum Gasteiger partial charge on any atom is 0.226 e. The van der Waals surface area contributed by atoms with Gasteiger partial charge in [0.15, 0.2) is 5.82 Å². The van der Waals surface area contributed by atoms with Crippen molar-refractivity contribution < 1.29 is 8.91 Å². The number of aromatic nitrogens is 2. The van der Waals surface area contributed by atoms with E-state index in [4.69, 9.17) is 4.52 Å². The van der Waals surface area contributed by atoms with Crippen LogP contribution in [0.15, 0.2) is 33.7 Å². The predicted octanol–water partition coefficient (Wildman–Crippen LogP) is 3.04. The van der Waals surface area contributed by atoms with Gasteiger partial charge >= 0.3 is 0 Å². The third-order valence-electron chi connectivity index (χ3n) is 3.60. The monoisotopic (exact) mass is 307 g/mol. The van der Waals surface area contributed by atoms with Crippen molar-refractivity contribution in [3.63, 3.8) is 0 Å². The molecule has 1 aromatic heterocycles. The van der Waals surface area contributed by atoms with E-state index in [2.05, 4.69) is 15.5 Å². The number of benzene rings is 1. The molecule has 2 aromatic rings. The van der Waals surface area contributed by atoms with Crippen LogP contribution in [0.2, 0.25) is 0 Å². The first-order chi connectivity index (χ1) is 10.3. The Kier molecular flexibility index (Phi) is 4.87. The lowest BCUT2D eigenvalue weighted by molar-refractivity contribution is 0.312. The second kappa shape index (κ2) is 7.04. The van der Waals surface area contributed by atoms with E-state index in [1.54, 1.807) is 6.07 Å². The number of hydrogen-bond acceptors (Lipinski definition) is 5. The number of nitrogens with zero attached hydrogens (tertiary/aromatic N) is 2. The van der Waals surface area contributed by atoms with E-state index in [1.807, 2.05) is 6.07 Å². The molecule has 3 rings (SSSR count). The molecule has 0 aliphatic carbocycles. The van der Waals surface area contributed by atoms with Crippen molar-refractivity contribution in [1.82, 2.24) is 15.5 Å². The molecule has 1 N–H and O–H groups in total. The molecule has 1 aliphatic rings. The lowest BCUT2D eigenvalue weighted by Crippen LogP contribution is -2.28. The Hall–Kier alpha value is -1.40. The van der Waals surface area contributed by atoms with Crippen LogP contribution in [-0.4, -0.2) is 23.2 Å². The second-order valence-corrected chi connectivity index (χ2v) is 6.30. The van der Waals surface area contributed by atoms with E-state index < -0.39 is 0 Å². The van der Waals surface area contributed by atoms with E-state index in [-0.39, 0.29) is 5.82 Å². The van der Waals surface area contributed by atoms with Crippen LogP contribution in [-0.2, 0) is 12.2 Å². The topological polar surface area (TPSA) is 51.0 Å². The quantitative estimate of drug-likeness (QED) is 0.861. The average molecular weight is 307 g/mol. The van der Waals surface area contributed by atoms with Crippen LogP contribution in [0.25, 0.3) is 0 Å². The van der Waals surface area contributed by atoms with Crippen LogP contribution in [0.1, 0.15) is 24.6 Å². The van der Waals surface area contributed by atoms with E-state index in [9.17, 15) is 4.39 Å². The SMILES string of the molecule is Fc1cccc(SCc2noc(CC3CCNCC3)n2)c1. The van der Waals surface area contributed by atoms with Crippen molar-refractivity contribution in [2.24, 2.45) is 5.92 Å². The molecule has 1 aliphatic heterocycles. The highest BCUT2D eigenvalue weighted by Gasteiger charge is 2.17. The standard InChI is InChI=1S/C15H18FN3OS/c16-12-2-1-3-13(9-12)21-10-14-18-15(20-19-14)8-11-4-6-17-7-5-11/h1-3,9,11,17H,4-8,10H2. The van der Waals surface area contributed by atoms with Crippen molar-refractivity contribution in [1.29, 1.82) is 0 Å². The molecule has 4 nitrogen and oxygen atoms in total. The summed E-state index contributed by atoms with van der Waals surface area (Å²) in [7, 11) is 0. The zero-order valence-electron chi connectivity index (χ0n) is 11.7. The Labute approximate surface area is 127 Å². The van der Waals surface area contributed by atoms with Gasteiger partial charge in [0.1, 0.15) is 5.82 Å². The summed E-state index contributed by atoms with van der Waals surface area (Å²) in [5.41, 5.74) is 0. The van der Waals surface area contributed by atoms with Gasteiger partial charge in [-0.15, -0.1) is 11.8 Å². The zero-order chi connectivity index (χ0) is 14.5. The van der Waals surface area contributed by atoms with Crippen LogP contribution in [0.4, 0.5) is 4.39 Å². The summed E-state index contributed by atoms with van der Waals surface area (Å²) in [5, 5.41) is 7.35. The summed E-state index contributed by atoms with van der Waals surface area (Å²) in [6.45, 7) is 2.14. The average Bonchev–Trinajstić information content (AvgIpc) is 2.94. The fourth-order valence-corrected chi connectivity index (χ4v) is 3.25. The molecule has 0 radical (unpaired) electrons. The third kappa shape index (κ3) is 4.28. The lowest BCUT2D eigenvalue weighted by atomic mass is 9.95. The highest BCUT2D eigenvalue weighted by molar-refractivity contribution is 7.98. The summed E-state index contributed by atoms with van der Waals surface area (Å²) in [5.74, 6) is 2.40. The molecule has 2 heterocycles. The Balaban J connectivity index is 1.52. The minimum absolute atomic E-state index is 0.222. The molecular weight excluding hydrogens is 289 g/mol. The molecule has 112 valence electrons. The molecule has 0 spiro atoms. The van der Waals surface area contributed by atoms with Gasteiger partial charge in [0, 0.05) is 11.3 Å². The summed E-state index contributed by atoms with van der Waals surface area (Å²) in [4.78, 5) is 5.30. The molecule has 0 bridgehead atoms. The van der Waals surface area contributed by atoms with Crippen molar-refractivity contribution in [2.45, 2.75) is 29.9 Å². The molecule has 0 unspecified atom stereocenters. The van der Waals surface area contributed by atoms with Crippen molar-refractivity contribution in [2.75, 3.05) is 13.1 Å². The number of hydrogen-bond donors (Lipinski definition) is 1. The van der Waals surface area contributed by atoms with Crippen LogP contribution in [0.3, 0.4) is 0 Å². The molecular formula is C15H18FN3OS. The van der Waals surface area contributed by atoms with Crippen LogP contribution in [0.5, 0.6) is 0 Å².